The Hall–Kier alpha value is -1.84. The van der Waals surface area contributed by atoms with E-state index in [9.17, 15) is 4.79 Å². The van der Waals surface area contributed by atoms with Crippen molar-refractivity contribution in [2.45, 2.75) is 64.5 Å². The first-order valence-corrected chi connectivity index (χ1v) is 11.9. The molecule has 1 heterocycles. The van der Waals surface area contributed by atoms with Gasteiger partial charge in [-0.25, -0.2) is 0 Å². The molecule has 0 bridgehead atoms. The summed E-state index contributed by atoms with van der Waals surface area (Å²) in [5.74, 6) is 0.330. The van der Waals surface area contributed by atoms with Crippen molar-refractivity contribution in [2.75, 3.05) is 13.1 Å². The summed E-state index contributed by atoms with van der Waals surface area (Å²) >= 11 is 6.31. The number of carbonyl (C=O) groups is 1. The molecule has 4 rings (SSSR count). The Bertz CT molecular complexity index is 873. The van der Waals surface area contributed by atoms with Crippen molar-refractivity contribution < 1.29 is 4.79 Å². The van der Waals surface area contributed by atoms with E-state index in [1.807, 2.05) is 18.2 Å². The number of nitrogens with one attached hydrogen (secondary N) is 1. The van der Waals surface area contributed by atoms with Crippen LogP contribution in [0.1, 0.15) is 67.3 Å². The van der Waals surface area contributed by atoms with Gasteiger partial charge in [-0.2, -0.15) is 0 Å². The molecular weight excluding hydrogens is 392 g/mol. The molecule has 1 aliphatic heterocycles. The van der Waals surface area contributed by atoms with Gasteiger partial charge in [0.1, 0.15) is 0 Å². The number of rotatable bonds is 6. The van der Waals surface area contributed by atoms with Crippen LogP contribution in [0.2, 0.25) is 5.02 Å². The molecule has 3 nitrogen and oxygen atoms in total. The Morgan fingerprint density at radius 1 is 1.10 bits per heavy atom. The molecule has 2 aromatic rings. The van der Waals surface area contributed by atoms with Crippen molar-refractivity contribution in [3.8, 4) is 0 Å². The second-order valence-corrected chi connectivity index (χ2v) is 9.25. The number of hydrogen-bond donors (Lipinski definition) is 1. The van der Waals surface area contributed by atoms with E-state index in [1.54, 1.807) is 0 Å². The quantitative estimate of drug-likeness (QED) is 0.645. The van der Waals surface area contributed by atoms with Gasteiger partial charge in [-0.05, 0) is 86.4 Å². The van der Waals surface area contributed by atoms with E-state index in [1.165, 1.54) is 47.9 Å². The van der Waals surface area contributed by atoms with Crippen molar-refractivity contribution in [2.24, 2.45) is 5.92 Å². The average molecular weight is 425 g/mol. The van der Waals surface area contributed by atoms with Gasteiger partial charge in [-0.15, -0.1) is 0 Å². The number of benzene rings is 2. The van der Waals surface area contributed by atoms with Crippen LogP contribution in [0.15, 0.2) is 42.5 Å². The van der Waals surface area contributed by atoms with E-state index in [4.69, 9.17) is 11.6 Å². The van der Waals surface area contributed by atoms with E-state index >= 15 is 0 Å². The lowest BCUT2D eigenvalue weighted by atomic mass is 9.88. The zero-order valence-electron chi connectivity index (χ0n) is 18.0. The summed E-state index contributed by atoms with van der Waals surface area (Å²) in [6.45, 7) is 4.91. The van der Waals surface area contributed by atoms with Crippen molar-refractivity contribution >= 4 is 17.5 Å². The molecule has 1 saturated heterocycles. The van der Waals surface area contributed by atoms with E-state index in [0.717, 1.165) is 43.9 Å². The average Bonchev–Trinajstić information content (AvgIpc) is 2.79. The summed E-state index contributed by atoms with van der Waals surface area (Å²) in [6, 6.07) is 15.0. The van der Waals surface area contributed by atoms with E-state index in [-0.39, 0.29) is 17.9 Å². The second-order valence-electron chi connectivity index (χ2n) is 8.85. The second kappa shape index (κ2) is 9.98. The lowest BCUT2D eigenvalue weighted by Crippen LogP contribution is -2.41. The maximum Gasteiger partial charge on any atom is 0.223 e. The Morgan fingerprint density at radius 2 is 1.83 bits per heavy atom. The van der Waals surface area contributed by atoms with Crippen molar-refractivity contribution in [3.63, 3.8) is 0 Å². The summed E-state index contributed by atoms with van der Waals surface area (Å²) in [5, 5.41) is 4.18. The maximum absolute atomic E-state index is 13.0. The number of fused-ring (bicyclic) bond motifs is 1. The van der Waals surface area contributed by atoms with Crippen LogP contribution in [0.3, 0.4) is 0 Å². The van der Waals surface area contributed by atoms with Gasteiger partial charge in [0.25, 0.3) is 0 Å². The highest BCUT2D eigenvalue weighted by Gasteiger charge is 2.27. The Balaban J connectivity index is 1.32. The molecule has 2 aromatic carbocycles. The first-order chi connectivity index (χ1) is 14.6. The van der Waals surface area contributed by atoms with Crippen LogP contribution in [0.25, 0.3) is 0 Å². The molecular formula is C26H33ClN2O. The highest BCUT2D eigenvalue weighted by molar-refractivity contribution is 6.31. The van der Waals surface area contributed by atoms with E-state index < -0.39 is 0 Å². The van der Waals surface area contributed by atoms with Gasteiger partial charge in [-0.3, -0.25) is 9.69 Å². The Morgan fingerprint density at radius 3 is 2.57 bits per heavy atom. The zero-order valence-corrected chi connectivity index (χ0v) is 18.8. The van der Waals surface area contributed by atoms with Gasteiger partial charge >= 0.3 is 0 Å². The summed E-state index contributed by atoms with van der Waals surface area (Å²) in [5.41, 5.74) is 5.42. The first kappa shape index (κ1) is 21.4. The minimum Gasteiger partial charge on any atom is -0.349 e. The monoisotopic (exact) mass is 424 g/mol. The van der Waals surface area contributed by atoms with Crippen molar-refractivity contribution in [1.29, 1.82) is 0 Å². The molecule has 160 valence electrons. The third-order valence-electron chi connectivity index (χ3n) is 6.81. The molecule has 1 N–H and O–H groups in total. The standard InChI is InChI=1S/C26H33ClN2O/c1-2-25(22-12-11-19-7-3-4-8-21(19)17-22)28-26(30)20-13-15-29(16-14-20)18-23-9-5-6-10-24(23)27/h5-6,9-12,17,20,25H,2-4,7-8,13-16,18H2,1H3,(H,28,30). The maximum atomic E-state index is 13.0. The predicted octanol–water partition coefficient (Wildman–Crippen LogP) is 5.70. The fraction of sp³-hybridized carbons (Fsp3) is 0.500. The minimum absolute atomic E-state index is 0.110. The van der Waals surface area contributed by atoms with Crippen molar-refractivity contribution in [3.05, 3.63) is 69.7 Å². The zero-order chi connectivity index (χ0) is 20.9. The van der Waals surface area contributed by atoms with Gasteiger partial charge in [0.15, 0.2) is 0 Å². The number of nitrogens with zero attached hydrogens (tertiary/aromatic N) is 1. The first-order valence-electron chi connectivity index (χ1n) is 11.5. The van der Waals surface area contributed by atoms with Gasteiger partial charge < -0.3 is 5.32 Å². The normalized spacial score (nSPS) is 18.6. The number of aryl methyl sites for hydroxylation is 2. The van der Waals surface area contributed by atoms with Gasteiger partial charge in [-0.1, -0.05) is 54.9 Å². The number of likely N-dealkylation sites (tertiary alicyclic amines) is 1. The molecule has 30 heavy (non-hydrogen) atoms. The van der Waals surface area contributed by atoms with Crippen LogP contribution in [0, 0.1) is 5.92 Å². The van der Waals surface area contributed by atoms with E-state index in [0.29, 0.717) is 0 Å². The predicted molar refractivity (Wildman–Crippen MR) is 124 cm³/mol. The summed E-state index contributed by atoms with van der Waals surface area (Å²) < 4.78 is 0. The van der Waals surface area contributed by atoms with Crippen LogP contribution < -0.4 is 5.32 Å². The van der Waals surface area contributed by atoms with Gasteiger partial charge in [0.2, 0.25) is 5.91 Å². The van der Waals surface area contributed by atoms with Crippen LogP contribution in [-0.2, 0) is 24.2 Å². The molecule has 0 spiro atoms. The van der Waals surface area contributed by atoms with Crippen molar-refractivity contribution in [1.82, 2.24) is 10.2 Å². The molecule has 1 unspecified atom stereocenters. The van der Waals surface area contributed by atoms with Crippen LogP contribution in [0.5, 0.6) is 0 Å². The van der Waals surface area contributed by atoms with Crippen LogP contribution in [-0.4, -0.2) is 23.9 Å². The molecule has 1 aliphatic carbocycles. The number of halogens is 1. The van der Waals surface area contributed by atoms with E-state index in [2.05, 4.69) is 41.4 Å². The summed E-state index contributed by atoms with van der Waals surface area (Å²) in [7, 11) is 0. The highest BCUT2D eigenvalue weighted by atomic mass is 35.5. The molecule has 1 amide bonds. The largest absolute Gasteiger partial charge is 0.349 e. The van der Waals surface area contributed by atoms with Gasteiger partial charge in [0, 0.05) is 17.5 Å². The Labute approximate surface area is 185 Å². The molecule has 0 aromatic heterocycles. The van der Waals surface area contributed by atoms with Gasteiger partial charge in [0.05, 0.1) is 6.04 Å². The molecule has 1 atom stereocenters. The van der Waals surface area contributed by atoms with Crippen LogP contribution in [0.4, 0.5) is 0 Å². The summed E-state index contributed by atoms with van der Waals surface area (Å²) in [4.78, 5) is 15.4. The topological polar surface area (TPSA) is 32.3 Å². The fourth-order valence-electron chi connectivity index (χ4n) is 4.90. The smallest absolute Gasteiger partial charge is 0.223 e. The number of carbonyl (C=O) groups excluding carboxylic acids is 1. The highest BCUT2D eigenvalue weighted by Crippen LogP contribution is 2.27. The minimum atomic E-state index is 0.110. The molecule has 1 fully saturated rings. The number of amides is 1. The fourth-order valence-corrected chi connectivity index (χ4v) is 5.10. The third-order valence-corrected chi connectivity index (χ3v) is 7.18. The number of piperidine rings is 1. The number of hydrogen-bond acceptors (Lipinski definition) is 2. The molecule has 0 saturated carbocycles. The molecule has 2 aliphatic rings. The van der Waals surface area contributed by atoms with Crippen LogP contribution >= 0.6 is 11.6 Å². The Kier molecular flexibility index (Phi) is 7.12. The lowest BCUT2D eigenvalue weighted by molar-refractivity contribution is -0.127. The lowest BCUT2D eigenvalue weighted by Gasteiger charge is -2.32. The SMILES string of the molecule is CCC(NC(=O)C1CCN(Cc2ccccc2Cl)CC1)c1ccc2c(c1)CCCC2. The molecule has 0 radical (unpaired) electrons. The summed E-state index contributed by atoms with van der Waals surface area (Å²) in [6.07, 6.45) is 7.72. The third kappa shape index (κ3) is 5.07. The molecule has 4 heteroatoms.